The Bertz CT molecular complexity index is 127. The Morgan fingerprint density at radius 3 is 2.11 bits per heavy atom. The van der Waals surface area contributed by atoms with Crippen molar-refractivity contribution in [3.05, 3.63) is 0 Å². The summed E-state index contributed by atoms with van der Waals surface area (Å²) in [5, 5.41) is 0. The van der Waals surface area contributed by atoms with Crippen molar-refractivity contribution in [3.63, 3.8) is 0 Å². The molecule has 3 heteroatoms. The van der Waals surface area contributed by atoms with Crippen LogP contribution < -0.4 is 0 Å². The molecule has 0 N–H and O–H groups in total. The van der Waals surface area contributed by atoms with Crippen LogP contribution in [-0.2, 0) is 4.79 Å². The zero-order valence-electron chi connectivity index (χ0n) is 5.64. The van der Waals surface area contributed by atoms with E-state index in [2.05, 4.69) is 0 Å². The van der Waals surface area contributed by atoms with E-state index in [1.807, 2.05) is 6.92 Å². The summed E-state index contributed by atoms with van der Waals surface area (Å²) in [7, 11) is 0. The zero-order chi connectivity index (χ0) is 6.91. The minimum atomic E-state index is -0.111. The minimum absolute atomic E-state index is 0.111. The lowest BCUT2D eigenvalue weighted by Crippen LogP contribution is -2.21. The van der Waals surface area contributed by atoms with Crippen LogP contribution in [-0.4, -0.2) is 21.4 Å². The highest BCUT2D eigenvalue weighted by atomic mass is 32.2. The summed E-state index contributed by atoms with van der Waals surface area (Å²) in [5.74, 6) is 2.55. The highest BCUT2D eigenvalue weighted by Gasteiger charge is 2.34. The largest absolute Gasteiger partial charge is 0.298 e. The fourth-order valence-electron chi connectivity index (χ4n) is 0.718. The molecule has 0 aromatic heterocycles. The Morgan fingerprint density at radius 2 is 1.89 bits per heavy atom. The highest BCUT2D eigenvalue weighted by Crippen LogP contribution is 2.43. The Hall–Kier alpha value is 0.370. The molecular weight excluding hydrogens is 152 g/mol. The number of Topliss-reactive ketones (excluding diaryl/α,β-unsaturated/α-hetero) is 1. The van der Waals surface area contributed by atoms with E-state index in [9.17, 15) is 4.79 Å². The summed E-state index contributed by atoms with van der Waals surface area (Å²) in [6.07, 6.45) is 0. The molecule has 0 bridgehead atoms. The van der Waals surface area contributed by atoms with E-state index in [-0.39, 0.29) is 4.08 Å². The summed E-state index contributed by atoms with van der Waals surface area (Å²) in [6, 6.07) is 0. The molecule has 0 amide bonds. The van der Waals surface area contributed by atoms with E-state index in [0.717, 1.165) is 11.5 Å². The topological polar surface area (TPSA) is 17.1 Å². The molecule has 9 heavy (non-hydrogen) atoms. The number of carbonyl (C=O) groups excluding carboxylic acids is 1. The van der Waals surface area contributed by atoms with Gasteiger partial charge in [0.1, 0.15) is 4.08 Å². The van der Waals surface area contributed by atoms with Gasteiger partial charge in [-0.05, 0) is 13.8 Å². The smallest absolute Gasteiger partial charge is 0.155 e. The van der Waals surface area contributed by atoms with Crippen molar-refractivity contribution >= 4 is 29.3 Å². The van der Waals surface area contributed by atoms with Gasteiger partial charge in [0.05, 0.1) is 0 Å². The summed E-state index contributed by atoms with van der Waals surface area (Å²) < 4.78 is -0.111. The van der Waals surface area contributed by atoms with Gasteiger partial charge in [0.15, 0.2) is 5.78 Å². The standard InChI is InChI=1S/C6H10OS2/c1-5(7)6(2)8-3-4-9-6/h3-4H2,1-2H3. The normalized spacial score (nSPS) is 24.2. The SMILES string of the molecule is CC(=O)C1(C)SCCS1. The lowest BCUT2D eigenvalue weighted by Gasteiger charge is -2.16. The van der Waals surface area contributed by atoms with Crippen molar-refractivity contribution in [1.29, 1.82) is 0 Å². The van der Waals surface area contributed by atoms with E-state index in [0.29, 0.717) is 5.78 Å². The average Bonchev–Trinajstić information content (AvgIpc) is 2.16. The quantitative estimate of drug-likeness (QED) is 0.585. The van der Waals surface area contributed by atoms with Crippen molar-refractivity contribution in [2.45, 2.75) is 17.9 Å². The van der Waals surface area contributed by atoms with Crippen molar-refractivity contribution < 1.29 is 4.79 Å². The molecule has 1 aliphatic heterocycles. The molecule has 1 rings (SSSR count). The molecule has 1 aliphatic rings. The van der Waals surface area contributed by atoms with Crippen molar-refractivity contribution in [2.24, 2.45) is 0 Å². The molecule has 0 spiro atoms. The average molecular weight is 162 g/mol. The Balaban J connectivity index is 2.61. The van der Waals surface area contributed by atoms with E-state index < -0.39 is 0 Å². The third-order valence-corrected chi connectivity index (χ3v) is 4.94. The first-order valence-corrected chi connectivity index (χ1v) is 4.91. The molecule has 0 aromatic carbocycles. The van der Waals surface area contributed by atoms with Gasteiger partial charge in [-0.15, -0.1) is 23.5 Å². The molecule has 1 nitrogen and oxygen atoms in total. The molecule has 1 fully saturated rings. The fourth-order valence-corrected chi connectivity index (χ4v) is 3.40. The third kappa shape index (κ3) is 1.44. The van der Waals surface area contributed by atoms with Crippen LogP contribution in [0.4, 0.5) is 0 Å². The maximum absolute atomic E-state index is 10.9. The third-order valence-electron chi connectivity index (χ3n) is 1.48. The first-order chi connectivity index (χ1) is 4.15. The molecular formula is C6H10OS2. The van der Waals surface area contributed by atoms with Crippen molar-refractivity contribution in [2.75, 3.05) is 11.5 Å². The molecule has 0 aromatic rings. The fraction of sp³-hybridized carbons (Fsp3) is 0.833. The molecule has 1 saturated heterocycles. The van der Waals surface area contributed by atoms with Gasteiger partial charge in [-0.25, -0.2) is 0 Å². The molecule has 0 radical (unpaired) electrons. The van der Waals surface area contributed by atoms with Gasteiger partial charge >= 0.3 is 0 Å². The maximum Gasteiger partial charge on any atom is 0.155 e. The second kappa shape index (κ2) is 2.54. The summed E-state index contributed by atoms with van der Waals surface area (Å²) in [5.41, 5.74) is 0. The number of hydrogen-bond donors (Lipinski definition) is 0. The molecule has 1 heterocycles. The predicted octanol–water partition coefficient (Wildman–Crippen LogP) is 1.77. The van der Waals surface area contributed by atoms with Crippen molar-refractivity contribution in [1.82, 2.24) is 0 Å². The highest BCUT2D eigenvalue weighted by molar-refractivity contribution is 8.22. The van der Waals surface area contributed by atoms with Crippen LogP contribution in [0.2, 0.25) is 0 Å². The van der Waals surface area contributed by atoms with Crippen LogP contribution in [0.15, 0.2) is 0 Å². The molecule has 0 unspecified atom stereocenters. The summed E-state index contributed by atoms with van der Waals surface area (Å²) >= 11 is 3.53. The predicted molar refractivity (Wildman–Crippen MR) is 44.0 cm³/mol. The van der Waals surface area contributed by atoms with Crippen LogP contribution in [0.5, 0.6) is 0 Å². The molecule has 0 saturated carbocycles. The van der Waals surface area contributed by atoms with E-state index >= 15 is 0 Å². The number of carbonyl (C=O) groups is 1. The Labute approximate surface area is 64.0 Å². The minimum Gasteiger partial charge on any atom is -0.298 e. The van der Waals surface area contributed by atoms with Gasteiger partial charge < -0.3 is 0 Å². The van der Waals surface area contributed by atoms with E-state index in [4.69, 9.17) is 0 Å². The second-order valence-corrected chi connectivity index (χ2v) is 5.48. The summed E-state index contributed by atoms with van der Waals surface area (Å²) in [6.45, 7) is 3.68. The van der Waals surface area contributed by atoms with Gasteiger partial charge in [0.2, 0.25) is 0 Å². The number of hydrogen-bond acceptors (Lipinski definition) is 3. The van der Waals surface area contributed by atoms with Crippen LogP contribution >= 0.6 is 23.5 Å². The van der Waals surface area contributed by atoms with Crippen molar-refractivity contribution in [3.8, 4) is 0 Å². The monoisotopic (exact) mass is 162 g/mol. The van der Waals surface area contributed by atoms with Gasteiger partial charge in [0, 0.05) is 11.5 Å². The number of rotatable bonds is 1. The van der Waals surface area contributed by atoms with Gasteiger partial charge in [-0.3, -0.25) is 4.79 Å². The number of thioether (sulfide) groups is 2. The van der Waals surface area contributed by atoms with Crippen LogP contribution in [0.3, 0.4) is 0 Å². The zero-order valence-corrected chi connectivity index (χ0v) is 7.27. The van der Waals surface area contributed by atoms with Crippen LogP contribution in [0.25, 0.3) is 0 Å². The first kappa shape index (κ1) is 7.48. The van der Waals surface area contributed by atoms with E-state index in [1.54, 1.807) is 30.4 Å². The molecule has 0 aliphatic carbocycles. The Morgan fingerprint density at radius 1 is 1.44 bits per heavy atom. The second-order valence-electron chi connectivity index (χ2n) is 2.20. The lowest BCUT2D eigenvalue weighted by atomic mass is 10.3. The van der Waals surface area contributed by atoms with Crippen LogP contribution in [0.1, 0.15) is 13.8 Å². The molecule has 52 valence electrons. The van der Waals surface area contributed by atoms with Gasteiger partial charge in [-0.1, -0.05) is 0 Å². The summed E-state index contributed by atoms with van der Waals surface area (Å²) in [4.78, 5) is 10.9. The van der Waals surface area contributed by atoms with Gasteiger partial charge in [-0.2, -0.15) is 0 Å². The first-order valence-electron chi connectivity index (χ1n) is 2.94. The number of ketones is 1. The molecule has 0 atom stereocenters. The van der Waals surface area contributed by atoms with Crippen LogP contribution in [0, 0.1) is 0 Å². The maximum atomic E-state index is 10.9. The van der Waals surface area contributed by atoms with Gasteiger partial charge in [0.25, 0.3) is 0 Å². The lowest BCUT2D eigenvalue weighted by molar-refractivity contribution is -0.116. The Kier molecular flexibility index (Phi) is 2.11. The van der Waals surface area contributed by atoms with E-state index in [1.165, 1.54) is 0 Å².